The summed E-state index contributed by atoms with van der Waals surface area (Å²) >= 11 is 0. The smallest absolute Gasteiger partial charge is 0.118 e. The Morgan fingerprint density at radius 1 is 1.22 bits per heavy atom. The molecule has 0 spiro atoms. The Balaban J connectivity index is 2.09. The zero-order chi connectivity index (χ0) is 13.0. The van der Waals surface area contributed by atoms with E-state index in [1.165, 1.54) is 43.2 Å². The largest absolute Gasteiger partial charge is 0.497 e. The average Bonchev–Trinajstić information content (AvgIpc) is 2.40. The monoisotopic (exact) mass is 244 g/mol. The quantitative estimate of drug-likeness (QED) is 0.718. The first-order valence-corrected chi connectivity index (χ1v) is 7.00. The highest BCUT2D eigenvalue weighted by molar-refractivity contribution is 5.66. The van der Waals surface area contributed by atoms with Crippen LogP contribution in [0.1, 0.15) is 51.5 Å². The molecule has 0 heterocycles. The van der Waals surface area contributed by atoms with Crippen molar-refractivity contribution in [2.45, 2.75) is 46.0 Å². The maximum atomic E-state index is 5.20. The lowest BCUT2D eigenvalue weighted by atomic mass is 9.73. The van der Waals surface area contributed by atoms with Gasteiger partial charge in [-0.25, -0.2) is 0 Å². The average molecular weight is 244 g/mol. The molecule has 1 aromatic carbocycles. The molecular formula is C17H24O. The fourth-order valence-electron chi connectivity index (χ4n) is 2.91. The van der Waals surface area contributed by atoms with Crippen LogP contribution in [0.25, 0.3) is 5.57 Å². The Kier molecular flexibility index (Phi) is 4.11. The molecule has 0 aromatic heterocycles. The second kappa shape index (κ2) is 5.60. The molecule has 1 aliphatic rings. The van der Waals surface area contributed by atoms with Crippen LogP contribution in [0.3, 0.4) is 0 Å². The predicted molar refractivity (Wildman–Crippen MR) is 77.8 cm³/mol. The van der Waals surface area contributed by atoms with Gasteiger partial charge in [0.1, 0.15) is 5.75 Å². The maximum Gasteiger partial charge on any atom is 0.118 e. The topological polar surface area (TPSA) is 9.23 Å². The highest BCUT2D eigenvalue weighted by Crippen LogP contribution is 2.41. The van der Waals surface area contributed by atoms with Gasteiger partial charge < -0.3 is 4.74 Å². The number of hydrogen-bond acceptors (Lipinski definition) is 1. The fourth-order valence-corrected chi connectivity index (χ4v) is 2.91. The molecule has 1 heteroatoms. The summed E-state index contributed by atoms with van der Waals surface area (Å²) in [5.41, 5.74) is 3.39. The van der Waals surface area contributed by atoms with Crippen molar-refractivity contribution in [3.63, 3.8) is 0 Å². The number of hydrogen-bond donors (Lipinski definition) is 0. The molecule has 1 nitrogen and oxygen atoms in total. The summed E-state index contributed by atoms with van der Waals surface area (Å²) in [6.45, 7) is 4.71. The van der Waals surface area contributed by atoms with Crippen LogP contribution < -0.4 is 4.74 Å². The second-order valence-corrected chi connectivity index (χ2v) is 5.72. The minimum atomic E-state index is 0.532. The van der Waals surface area contributed by atoms with Gasteiger partial charge in [0.05, 0.1) is 7.11 Å². The van der Waals surface area contributed by atoms with Crippen molar-refractivity contribution >= 4 is 5.57 Å². The summed E-state index contributed by atoms with van der Waals surface area (Å²) in [7, 11) is 1.71. The highest BCUT2D eigenvalue weighted by Gasteiger charge is 2.26. The minimum Gasteiger partial charge on any atom is -0.497 e. The molecule has 0 saturated carbocycles. The van der Waals surface area contributed by atoms with Crippen molar-refractivity contribution in [3.8, 4) is 5.75 Å². The van der Waals surface area contributed by atoms with Gasteiger partial charge in [0.15, 0.2) is 0 Å². The van der Waals surface area contributed by atoms with Crippen LogP contribution in [0.4, 0.5) is 0 Å². The highest BCUT2D eigenvalue weighted by atomic mass is 16.5. The first-order valence-electron chi connectivity index (χ1n) is 7.00. The van der Waals surface area contributed by atoms with E-state index in [-0.39, 0.29) is 0 Å². The van der Waals surface area contributed by atoms with Gasteiger partial charge in [-0.05, 0) is 54.4 Å². The molecule has 98 valence electrons. The molecule has 1 unspecified atom stereocenters. The van der Waals surface area contributed by atoms with Crippen molar-refractivity contribution in [1.29, 1.82) is 0 Å². The summed E-state index contributed by atoms with van der Waals surface area (Å²) in [5, 5.41) is 0. The molecule has 18 heavy (non-hydrogen) atoms. The van der Waals surface area contributed by atoms with Crippen LogP contribution in [0.2, 0.25) is 0 Å². The van der Waals surface area contributed by atoms with E-state index < -0.39 is 0 Å². The second-order valence-electron chi connectivity index (χ2n) is 5.72. The van der Waals surface area contributed by atoms with Gasteiger partial charge in [-0.3, -0.25) is 0 Å². The molecule has 1 aromatic rings. The molecule has 1 aliphatic carbocycles. The number of methoxy groups -OCH3 is 1. The molecule has 2 rings (SSSR count). The van der Waals surface area contributed by atoms with Crippen LogP contribution >= 0.6 is 0 Å². The lowest BCUT2D eigenvalue weighted by Crippen LogP contribution is -2.18. The van der Waals surface area contributed by atoms with E-state index >= 15 is 0 Å². The molecule has 1 atom stereocenters. The van der Waals surface area contributed by atoms with Crippen LogP contribution in [0.15, 0.2) is 30.3 Å². The maximum absolute atomic E-state index is 5.20. The van der Waals surface area contributed by atoms with Crippen molar-refractivity contribution in [3.05, 3.63) is 35.9 Å². The lowest BCUT2D eigenvalue weighted by molar-refractivity contribution is 0.268. The lowest BCUT2D eigenvalue weighted by Gasteiger charge is -2.32. The first kappa shape index (κ1) is 13.2. The SMILES string of the molecule is CCCC1(C)CC=C(c2ccc(OC)cc2)CC1. The molecular weight excluding hydrogens is 220 g/mol. The summed E-state index contributed by atoms with van der Waals surface area (Å²) in [6, 6.07) is 8.45. The van der Waals surface area contributed by atoms with Crippen molar-refractivity contribution in [2.75, 3.05) is 7.11 Å². The normalized spacial score (nSPS) is 23.6. The van der Waals surface area contributed by atoms with E-state index in [1.54, 1.807) is 7.11 Å². The van der Waals surface area contributed by atoms with Crippen LogP contribution in [-0.4, -0.2) is 7.11 Å². The molecule has 0 N–H and O–H groups in total. The third-order valence-electron chi connectivity index (χ3n) is 4.15. The third kappa shape index (κ3) is 2.95. The Morgan fingerprint density at radius 3 is 2.44 bits per heavy atom. The fraction of sp³-hybridized carbons (Fsp3) is 0.529. The molecule has 0 saturated heterocycles. The number of ether oxygens (including phenoxy) is 1. The molecule has 0 amide bonds. The van der Waals surface area contributed by atoms with Gasteiger partial charge in [-0.1, -0.05) is 38.5 Å². The summed E-state index contributed by atoms with van der Waals surface area (Å²) in [4.78, 5) is 0. The van der Waals surface area contributed by atoms with Gasteiger partial charge in [0.25, 0.3) is 0 Å². The standard InChI is InChI=1S/C17H24O/c1-4-11-17(2)12-9-15(10-13-17)14-5-7-16(18-3)8-6-14/h5-9H,4,10-13H2,1-3H3. The van der Waals surface area contributed by atoms with Crippen molar-refractivity contribution in [2.24, 2.45) is 5.41 Å². The van der Waals surface area contributed by atoms with Crippen LogP contribution in [0, 0.1) is 5.41 Å². The van der Waals surface area contributed by atoms with Gasteiger partial charge in [0, 0.05) is 0 Å². The summed E-state index contributed by atoms with van der Waals surface area (Å²) < 4.78 is 5.20. The van der Waals surface area contributed by atoms with Gasteiger partial charge in [-0.2, -0.15) is 0 Å². The van der Waals surface area contributed by atoms with Crippen molar-refractivity contribution < 1.29 is 4.74 Å². The Labute approximate surface area is 111 Å². The molecule has 0 bridgehead atoms. The Hall–Kier alpha value is -1.24. The van der Waals surface area contributed by atoms with E-state index in [1.807, 2.05) is 0 Å². The van der Waals surface area contributed by atoms with Gasteiger partial charge in [-0.15, -0.1) is 0 Å². The van der Waals surface area contributed by atoms with E-state index in [0.717, 1.165) is 5.75 Å². The summed E-state index contributed by atoms with van der Waals surface area (Å²) in [6.07, 6.45) is 8.84. The summed E-state index contributed by atoms with van der Waals surface area (Å²) in [5.74, 6) is 0.936. The zero-order valence-corrected chi connectivity index (χ0v) is 11.8. The molecule has 0 fully saturated rings. The zero-order valence-electron chi connectivity index (χ0n) is 11.8. The van der Waals surface area contributed by atoms with Gasteiger partial charge in [0.2, 0.25) is 0 Å². The van der Waals surface area contributed by atoms with E-state index in [0.29, 0.717) is 5.41 Å². The third-order valence-corrected chi connectivity index (χ3v) is 4.15. The Morgan fingerprint density at radius 2 is 1.94 bits per heavy atom. The van der Waals surface area contributed by atoms with Crippen LogP contribution in [0.5, 0.6) is 5.75 Å². The van der Waals surface area contributed by atoms with Crippen molar-refractivity contribution in [1.82, 2.24) is 0 Å². The first-order chi connectivity index (χ1) is 8.67. The van der Waals surface area contributed by atoms with E-state index in [2.05, 4.69) is 44.2 Å². The van der Waals surface area contributed by atoms with E-state index in [9.17, 15) is 0 Å². The molecule has 0 aliphatic heterocycles. The number of rotatable bonds is 4. The molecule has 0 radical (unpaired) electrons. The Bertz CT molecular complexity index is 416. The van der Waals surface area contributed by atoms with E-state index in [4.69, 9.17) is 4.74 Å². The van der Waals surface area contributed by atoms with Crippen LogP contribution in [-0.2, 0) is 0 Å². The number of allylic oxidation sites excluding steroid dienone is 2. The number of benzene rings is 1. The van der Waals surface area contributed by atoms with Gasteiger partial charge >= 0.3 is 0 Å². The minimum absolute atomic E-state index is 0.532. The predicted octanol–water partition coefficient (Wildman–Crippen LogP) is 5.07.